The first-order chi connectivity index (χ1) is 19.3. The number of H-pyrrole nitrogens is 1. The Balaban J connectivity index is 1.43. The molecule has 1 saturated heterocycles. The van der Waals surface area contributed by atoms with Crippen LogP contribution in [0.1, 0.15) is 63.4 Å². The quantitative estimate of drug-likeness (QED) is 0.352. The third-order valence-corrected chi connectivity index (χ3v) is 10.2. The maximum Gasteiger partial charge on any atom is 0.407 e. The second-order valence-corrected chi connectivity index (χ2v) is 14.2. The Morgan fingerprint density at radius 3 is 2.44 bits per heavy atom. The molecule has 220 valence electrons. The molecule has 4 atom stereocenters. The van der Waals surface area contributed by atoms with Crippen LogP contribution in [0.2, 0.25) is 0 Å². The fourth-order valence-electron chi connectivity index (χ4n) is 6.49. The third kappa shape index (κ3) is 5.57. The predicted octanol–water partition coefficient (Wildman–Crippen LogP) is 5.10. The van der Waals surface area contributed by atoms with Crippen LogP contribution >= 0.6 is 11.6 Å². The average molecular weight is 601 g/mol. The molecule has 0 radical (unpaired) electrons. The number of nitrogens with one attached hydrogen (secondary N) is 2. The van der Waals surface area contributed by atoms with Crippen LogP contribution in [0.4, 0.5) is 4.79 Å². The summed E-state index contributed by atoms with van der Waals surface area (Å²) in [6, 6.07) is 13.4. The van der Waals surface area contributed by atoms with Crippen molar-refractivity contribution in [2.45, 2.75) is 76.0 Å². The van der Waals surface area contributed by atoms with E-state index in [0.29, 0.717) is 19.3 Å². The first-order valence-electron chi connectivity index (χ1n) is 13.9. The van der Waals surface area contributed by atoms with Crippen molar-refractivity contribution in [2.75, 3.05) is 12.4 Å². The number of para-hydroxylation sites is 1. The normalized spacial score (nSPS) is 23.4. The number of carbonyl (C=O) groups is 2. The number of rotatable bonds is 5. The summed E-state index contributed by atoms with van der Waals surface area (Å²) in [4.78, 5) is 31.6. The molecule has 0 bridgehead atoms. The van der Waals surface area contributed by atoms with Crippen LogP contribution in [0.15, 0.2) is 53.4 Å². The molecular formula is C30H37ClN4O5S. The van der Waals surface area contributed by atoms with E-state index in [4.69, 9.17) is 11.6 Å². The van der Waals surface area contributed by atoms with E-state index in [1.165, 1.54) is 4.90 Å². The minimum absolute atomic E-state index is 0.101. The summed E-state index contributed by atoms with van der Waals surface area (Å²) in [5, 5.41) is 10.8. The highest BCUT2D eigenvalue weighted by Crippen LogP contribution is 2.41. The van der Waals surface area contributed by atoms with Gasteiger partial charge in [0.25, 0.3) is 0 Å². The first kappa shape index (κ1) is 29.4. The van der Waals surface area contributed by atoms with Crippen LogP contribution in [0.25, 0.3) is 10.9 Å². The second kappa shape index (κ2) is 11.0. The van der Waals surface area contributed by atoms with Crippen LogP contribution in [0.5, 0.6) is 0 Å². The molecule has 3 N–H and O–H groups in total. The van der Waals surface area contributed by atoms with Gasteiger partial charge in [0.15, 0.2) is 0 Å². The summed E-state index contributed by atoms with van der Waals surface area (Å²) in [6.07, 6.45) is 0.490. The number of sulfonamides is 1. The van der Waals surface area contributed by atoms with Crippen molar-refractivity contribution in [1.29, 1.82) is 0 Å². The number of amides is 2. The Labute approximate surface area is 245 Å². The molecule has 2 aromatic carbocycles. The van der Waals surface area contributed by atoms with E-state index in [2.05, 4.69) is 15.8 Å². The molecule has 0 aliphatic carbocycles. The number of nitrogens with zero attached hydrogens (tertiary/aromatic N) is 2. The van der Waals surface area contributed by atoms with Gasteiger partial charge in [-0.2, -0.15) is 0 Å². The molecule has 1 aromatic heterocycles. The van der Waals surface area contributed by atoms with E-state index >= 15 is 0 Å². The fourth-order valence-corrected chi connectivity index (χ4v) is 7.91. The van der Waals surface area contributed by atoms with Gasteiger partial charge < -0.3 is 19.9 Å². The van der Waals surface area contributed by atoms with Crippen molar-refractivity contribution >= 4 is 44.5 Å². The number of halogens is 1. The number of carbonyl (C=O) groups excluding carboxylic acids is 1. The zero-order valence-corrected chi connectivity index (χ0v) is 25.3. The van der Waals surface area contributed by atoms with Gasteiger partial charge in [-0.05, 0) is 60.9 Å². The smallest absolute Gasteiger partial charge is 0.407 e. The van der Waals surface area contributed by atoms with Gasteiger partial charge in [-0.1, -0.05) is 51.1 Å². The van der Waals surface area contributed by atoms with Gasteiger partial charge in [0.05, 0.1) is 10.9 Å². The molecule has 0 saturated carbocycles. The van der Waals surface area contributed by atoms with Crippen molar-refractivity contribution in [3.05, 3.63) is 65.4 Å². The van der Waals surface area contributed by atoms with Crippen LogP contribution in [0.3, 0.4) is 0 Å². The molecule has 2 aliphatic rings. The highest BCUT2D eigenvalue weighted by molar-refractivity contribution is 7.89. The van der Waals surface area contributed by atoms with E-state index in [0.717, 1.165) is 27.7 Å². The summed E-state index contributed by atoms with van der Waals surface area (Å²) in [7, 11) is -3.87. The number of fused-ring (bicyclic) bond motifs is 3. The average Bonchev–Trinajstić information content (AvgIpc) is 3.29. The Morgan fingerprint density at radius 2 is 1.80 bits per heavy atom. The zero-order valence-electron chi connectivity index (χ0n) is 23.7. The number of hydrogen-bond acceptors (Lipinski definition) is 4. The van der Waals surface area contributed by atoms with E-state index in [1.807, 2.05) is 45.9 Å². The van der Waals surface area contributed by atoms with E-state index in [9.17, 15) is 23.1 Å². The number of hydrogen-bond donors (Lipinski definition) is 3. The number of aromatic nitrogens is 1. The van der Waals surface area contributed by atoms with E-state index < -0.39 is 22.2 Å². The van der Waals surface area contributed by atoms with Gasteiger partial charge in [0.2, 0.25) is 15.9 Å². The molecule has 0 spiro atoms. The van der Waals surface area contributed by atoms with E-state index in [1.54, 1.807) is 29.2 Å². The summed E-state index contributed by atoms with van der Waals surface area (Å²) in [5.41, 5.74) is 3.49. The van der Waals surface area contributed by atoms with Crippen LogP contribution in [-0.2, 0) is 21.2 Å². The first-order valence-corrected chi connectivity index (χ1v) is 15.9. The lowest BCUT2D eigenvalue weighted by atomic mass is 9.79. The van der Waals surface area contributed by atoms with E-state index in [-0.39, 0.29) is 46.8 Å². The molecule has 2 unspecified atom stereocenters. The molecule has 9 nitrogen and oxygen atoms in total. The molecule has 2 amide bonds. The lowest BCUT2D eigenvalue weighted by Gasteiger charge is -2.44. The summed E-state index contributed by atoms with van der Waals surface area (Å²) < 4.78 is 29.6. The molecule has 1 fully saturated rings. The molecule has 3 heterocycles. The number of piperidine rings is 1. The second-order valence-electron chi connectivity index (χ2n) is 12.2. The standard InChI is InChI=1S/C30H37ClN4O5S/c1-18-15-23-22-7-5-6-8-24(22)32-27(23)28(35(18)26(36)17-31)19-9-11-21(12-10-19)41(39,40)33-20-13-14-34(29(37)38)25(16-20)30(2,3)4/h5-12,18,20,25,28,32-33H,13-17H2,1-4H3,(H,37,38)/t18-,20?,25?,28+/m0/s1. The fraction of sp³-hybridized carbons (Fsp3) is 0.467. The Bertz CT molecular complexity index is 1560. The minimum Gasteiger partial charge on any atom is -0.465 e. The molecule has 5 rings (SSSR count). The zero-order chi connectivity index (χ0) is 29.7. The Hall–Kier alpha value is -3.08. The molecule has 41 heavy (non-hydrogen) atoms. The molecule has 3 aromatic rings. The van der Waals surface area contributed by atoms with Crippen molar-refractivity contribution in [3.63, 3.8) is 0 Å². The summed E-state index contributed by atoms with van der Waals surface area (Å²) >= 11 is 6.03. The van der Waals surface area contributed by atoms with Crippen molar-refractivity contribution < 1.29 is 23.1 Å². The van der Waals surface area contributed by atoms with Crippen LogP contribution in [0, 0.1) is 5.41 Å². The number of aromatic amines is 1. The Morgan fingerprint density at radius 1 is 1.12 bits per heavy atom. The molecular weight excluding hydrogens is 564 g/mol. The molecule has 2 aliphatic heterocycles. The van der Waals surface area contributed by atoms with Crippen LogP contribution < -0.4 is 4.72 Å². The van der Waals surface area contributed by atoms with Crippen molar-refractivity contribution in [3.8, 4) is 0 Å². The van der Waals surface area contributed by atoms with Crippen molar-refractivity contribution in [2.24, 2.45) is 5.41 Å². The number of alkyl halides is 1. The lowest BCUT2D eigenvalue weighted by molar-refractivity contribution is -0.133. The molecule has 11 heteroatoms. The van der Waals surface area contributed by atoms with Gasteiger partial charge in [-0.15, -0.1) is 11.6 Å². The largest absolute Gasteiger partial charge is 0.465 e. The lowest BCUT2D eigenvalue weighted by Crippen LogP contribution is -2.55. The summed E-state index contributed by atoms with van der Waals surface area (Å²) in [5.74, 6) is -0.337. The SMILES string of the molecule is C[C@H]1Cc2c([nH]c3ccccc23)[C@@H](c2ccc(S(=O)(=O)NC3CCN(C(=O)O)C(C(C)(C)C)C3)cc2)N1C(=O)CCl. The van der Waals surface area contributed by atoms with Gasteiger partial charge in [-0.25, -0.2) is 17.9 Å². The monoisotopic (exact) mass is 600 g/mol. The number of likely N-dealkylation sites (tertiary alicyclic amines) is 1. The van der Waals surface area contributed by atoms with Crippen LogP contribution in [-0.4, -0.2) is 70.9 Å². The number of carboxylic acid groups (broad SMARTS) is 1. The number of benzene rings is 2. The van der Waals surface area contributed by atoms with Crippen molar-refractivity contribution in [1.82, 2.24) is 19.5 Å². The predicted molar refractivity (Wildman–Crippen MR) is 159 cm³/mol. The Kier molecular flexibility index (Phi) is 7.86. The highest BCUT2D eigenvalue weighted by atomic mass is 35.5. The maximum absolute atomic E-state index is 13.4. The van der Waals surface area contributed by atoms with Gasteiger partial charge >= 0.3 is 6.09 Å². The topological polar surface area (TPSA) is 123 Å². The van der Waals surface area contributed by atoms with Gasteiger partial charge in [-0.3, -0.25) is 4.79 Å². The summed E-state index contributed by atoms with van der Waals surface area (Å²) in [6.45, 7) is 8.16. The van der Waals surface area contributed by atoms with Gasteiger partial charge in [0, 0.05) is 41.3 Å². The third-order valence-electron chi connectivity index (χ3n) is 8.45. The maximum atomic E-state index is 13.4. The minimum atomic E-state index is -3.87. The highest BCUT2D eigenvalue weighted by Gasteiger charge is 2.41. The van der Waals surface area contributed by atoms with Gasteiger partial charge in [0.1, 0.15) is 5.88 Å².